The normalized spacial score (nSPS) is 13.6. The molecule has 4 heteroatoms. The zero-order valence-electron chi connectivity index (χ0n) is 10.1. The van der Waals surface area contributed by atoms with Crippen LogP contribution in [0.4, 0.5) is 0 Å². The lowest BCUT2D eigenvalue weighted by atomic mass is 9.81. The van der Waals surface area contributed by atoms with E-state index < -0.39 is 0 Å². The van der Waals surface area contributed by atoms with Crippen LogP contribution in [0.15, 0.2) is 40.2 Å². The summed E-state index contributed by atoms with van der Waals surface area (Å²) in [5.74, 6) is 0. The first-order chi connectivity index (χ1) is 8.43. The molecule has 0 saturated heterocycles. The van der Waals surface area contributed by atoms with Gasteiger partial charge in [0.2, 0.25) is 0 Å². The van der Waals surface area contributed by atoms with Crippen LogP contribution in [0, 0.1) is 0 Å². The van der Waals surface area contributed by atoms with Gasteiger partial charge in [0.15, 0.2) is 0 Å². The summed E-state index contributed by atoms with van der Waals surface area (Å²) in [5.41, 5.74) is 1.32. The van der Waals surface area contributed by atoms with E-state index in [-0.39, 0.29) is 10.2 Å². The van der Waals surface area contributed by atoms with E-state index in [0.717, 1.165) is 8.81 Å². The van der Waals surface area contributed by atoms with Crippen molar-refractivity contribution < 1.29 is 0 Å². The number of hydrogen-bond donors (Lipinski definition) is 0. The molecule has 0 N–H and O–H groups in total. The molecule has 1 atom stereocenters. The average Bonchev–Trinajstić information content (AvgIpc) is 2.69. The Morgan fingerprint density at radius 1 is 1.22 bits per heavy atom. The lowest BCUT2D eigenvalue weighted by Gasteiger charge is -2.30. The third-order valence-corrected chi connectivity index (χ3v) is 7.55. The Balaban J connectivity index is 2.35. The summed E-state index contributed by atoms with van der Waals surface area (Å²) < 4.78 is 0.993. The maximum Gasteiger partial charge on any atom is 0.0887 e. The highest BCUT2D eigenvalue weighted by Gasteiger charge is 2.32. The van der Waals surface area contributed by atoms with Gasteiger partial charge in [0.05, 0.1) is 13.6 Å². The van der Waals surface area contributed by atoms with Crippen LogP contribution >= 0.6 is 54.8 Å². The number of hydrogen-bond acceptors (Lipinski definition) is 1. The molecular formula is C14H13Br2ClS. The van der Waals surface area contributed by atoms with Gasteiger partial charge in [-0.05, 0) is 27.6 Å². The molecule has 18 heavy (non-hydrogen) atoms. The molecule has 0 spiro atoms. The molecule has 0 aliphatic heterocycles. The second kappa shape index (κ2) is 5.66. The number of halogens is 3. The first-order valence-corrected chi connectivity index (χ1v) is 8.47. The molecular weight excluding hydrogens is 395 g/mol. The zero-order chi connectivity index (χ0) is 13.3. The third-order valence-electron chi connectivity index (χ3n) is 3.07. The fraction of sp³-hybridized carbons (Fsp3) is 0.286. The van der Waals surface area contributed by atoms with E-state index in [9.17, 15) is 0 Å². The van der Waals surface area contributed by atoms with Crippen LogP contribution < -0.4 is 0 Å². The van der Waals surface area contributed by atoms with E-state index in [0.29, 0.717) is 0 Å². The Bertz CT molecular complexity index is 514. The molecule has 0 nitrogen and oxygen atoms in total. The zero-order valence-corrected chi connectivity index (χ0v) is 14.8. The summed E-state index contributed by atoms with van der Waals surface area (Å²) in [4.78, 5) is 1.47. The summed E-state index contributed by atoms with van der Waals surface area (Å²) in [6.45, 7) is 4.48. The first-order valence-electron chi connectivity index (χ1n) is 5.57. The van der Waals surface area contributed by atoms with Gasteiger partial charge in [-0.3, -0.25) is 0 Å². The molecule has 1 unspecified atom stereocenters. The maximum absolute atomic E-state index is 6.11. The second-order valence-corrected chi connectivity index (χ2v) is 8.45. The Morgan fingerprint density at radius 2 is 1.83 bits per heavy atom. The van der Waals surface area contributed by atoms with Crippen LogP contribution in [-0.4, -0.2) is 0 Å². The average molecular weight is 409 g/mol. The molecule has 0 aliphatic carbocycles. The van der Waals surface area contributed by atoms with E-state index in [2.05, 4.69) is 70.0 Å². The Hall–Kier alpha value is 0.170. The number of rotatable bonds is 3. The minimum atomic E-state index is 0.00881. The molecule has 0 aliphatic rings. The standard InChI is InChI=1S/C14H13Br2ClS/c1-14(2,9-6-4-3-5-7-9)12(15)11-8-10(17)13(16)18-11/h3-8,12H,1-2H3. The van der Waals surface area contributed by atoms with Crippen molar-refractivity contribution in [2.45, 2.75) is 24.1 Å². The molecule has 1 aromatic carbocycles. The van der Waals surface area contributed by atoms with E-state index in [1.165, 1.54) is 10.4 Å². The number of benzene rings is 1. The fourth-order valence-corrected chi connectivity index (χ4v) is 4.45. The summed E-state index contributed by atoms with van der Waals surface area (Å²) in [7, 11) is 0. The first kappa shape index (κ1) is 14.6. The molecule has 2 aromatic rings. The van der Waals surface area contributed by atoms with Crippen molar-refractivity contribution >= 4 is 54.8 Å². The van der Waals surface area contributed by atoms with Crippen molar-refractivity contribution in [2.75, 3.05) is 0 Å². The van der Waals surface area contributed by atoms with Gasteiger partial charge >= 0.3 is 0 Å². The molecule has 96 valence electrons. The van der Waals surface area contributed by atoms with Gasteiger partial charge in [0.1, 0.15) is 0 Å². The van der Waals surface area contributed by atoms with Gasteiger partial charge in [-0.15, -0.1) is 11.3 Å². The van der Waals surface area contributed by atoms with E-state index >= 15 is 0 Å². The topological polar surface area (TPSA) is 0 Å². The van der Waals surface area contributed by atoms with Crippen LogP contribution in [0.25, 0.3) is 0 Å². The number of thiophene rings is 1. The van der Waals surface area contributed by atoms with Crippen LogP contribution in [0.1, 0.15) is 29.1 Å². The minimum absolute atomic E-state index is 0.00881. The van der Waals surface area contributed by atoms with Gasteiger partial charge in [-0.25, -0.2) is 0 Å². The highest BCUT2D eigenvalue weighted by atomic mass is 79.9. The minimum Gasteiger partial charge on any atom is -0.130 e. The van der Waals surface area contributed by atoms with Crippen molar-refractivity contribution in [1.82, 2.24) is 0 Å². The van der Waals surface area contributed by atoms with Crippen molar-refractivity contribution in [2.24, 2.45) is 0 Å². The lowest BCUT2D eigenvalue weighted by Crippen LogP contribution is -2.22. The fourth-order valence-electron chi connectivity index (χ4n) is 1.86. The lowest BCUT2D eigenvalue weighted by molar-refractivity contribution is 0.522. The quantitative estimate of drug-likeness (QED) is 0.503. The summed E-state index contributed by atoms with van der Waals surface area (Å²) in [6, 6.07) is 12.6. The smallest absolute Gasteiger partial charge is 0.0887 e. The van der Waals surface area contributed by atoms with Crippen LogP contribution in [0.2, 0.25) is 5.02 Å². The van der Waals surface area contributed by atoms with Crippen molar-refractivity contribution in [3.05, 3.63) is 55.6 Å². The molecule has 0 radical (unpaired) electrons. The van der Waals surface area contributed by atoms with Crippen LogP contribution in [-0.2, 0) is 5.41 Å². The largest absolute Gasteiger partial charge is 0.130 e. The predicted molar refractivity (Wildman–Crippen MR) is 88.2 cm³/mol. The van der Waals surface area contributed by atoms with Gasteiger partial charge < -0.3 is 0 Å². The van der Waals surface area contributed by atoms with Crippen molar-refractivity contribution in [3.63, 3.8) is 0 Å². The summed E-state index contributed by atoms with van der Waals surface area (Å²) in [5, 5.41) is 0.781. The predicted octanol–water partition coefficient (Wildman–Crippen LogP) is 6.58. The van der Waals surface area contributed by atoms with Gasteiger partial charge in [0.25, 0.3) is 0 Å². The van der Waals surface area contributed by atoms with E-state index in [4.69, 9.17) is 11.6 Å². The Labute approximate surface area is 134 Å². The van der Waals surface area contributed by atoms with Crippen LogP contribution in [0.3, 0.4) is 0 Å². The SMILES string of the molecule is CC(C)(c1ccccc1)C(Br)c1cc(Cl)c(Br)s1. The monoisotopic (exact) mass is 406 g/mol. The number of alkyl halides is 1. The maximum atomic E-state index is 6.11. The Morgan fingerprint density at radius 3 is 2.33 bits per heavy atom. The second-order valence-electron chi connectivity index (χ2n) is 4.72. The van der Waals surface area contributed by atoms with Crippen molar-refractivity contribution in [3.8, 4) is 0 Å². The summed E-state index contributed by atoms with van der Waals surface area (Å²) >= 11 is 15.1. The highest BCUT2D eigenvalue weighted by molar-refractivity contribution is 9.11. The molecule has 0 saturated carbocycles. The van der Waals surface area contributed by atoms with E-state index in [1.54, 1.807) is 11.3 Å². The molecule has 2 rings (SSSR count). The molecule has 0 fully saturated rings. The third kappa shape index (κ3) is 2.84. The van der Waals surface area contributed by atoms with Gasteiger partial charge in [-0.2, -0.15) is 0 Å². The van der Waals surface area contributed by atoms with Crippen LogP contribution in [0.5, 0.6) is 0 Å². The van der Waals surface area contributed by atoms with Crippen molar-refractivity contribution in [1.29, 1.82) is 0 Å². The molecule has 1 aromatic heterocycles. The Kier molecular flexibility index (Phi) is 4.58. The summed E-state index contributed by atoms with van der Waals surface area (Å²) in [6.07, 6.45) is 0. The highest BCUT2D eigenvalue weighted by Crippen LogP contribution is 2.47. The van der Waals surface area contributed by atoms with Gasteiger partial charge in [0, 0.05) is 10.3 Å². The molecule has 1 heterocycles. The van der Waals surface area contributed by atoms with E-state index in [1.807, 2.05) is 12.1 Å². The molecule has 0 amide bonds. The van der Waals surface area contributed by atoms with Gasteiger partial charge in [-0.1, -0.05) is 71.7 Å². The molecule has 0 bridgehead atoms.